The number of allylic oxidation sites excluding steroid dienone is 3. The molecule has 0 spiro atoms. The number of rotatable bonds is 30. The van der Waals surface area contributed by atoms with Crippen LogP contribution >= 0.6 is 0 Å². The first-order valence-electron chi connectivity index (χ1n) is 19.1. The molecule has 0 aromatic carbocycles. The predicted octanol–water partition coefficient (Wildman–Crippen LogP) is 6.38. The minimum absolute atomic E-state index is 0.191. The lowest BCUT2D eigenvalue weighted by Gasteiger charge is -2.40. The highest BCUT2D eigenvalue weighted by Gasteiger charge is 2.44. The molecule has 1 saturated heterocycles. The number of ether oxygens (including phenoxy) is 2. The Morgan fingerprint density at radius 1 is 0.702 bits per heavy atom. The minimum atomic E-state index is -1.57. The van der Waals surface area contributed by atoms with Crippen molar-refractivity contribution in [2.24, 2.45) is 0 Å². The third-order valence-corrected chi connectivity index (χ3v) is 9.03. The monoisotopic (exact) mass is 670 g/mol. The van der Waals surface area contributed by atoms with Gasteiger partial charge in [-0.05, 0) is 32.1 Å². The average molecular weight is 670 g/mol. The van der Waals surface area contributed by atoms with Crippen molar-refractivity contribution in [2.75, 3.05) is 13.2 Å². The van der Waals surface area contributed by atoms with Gasteiger partial charge in [0.05, 0.1) is 25.4 Å². The molecule has 47 heavy (non-hydrogen) atoms. The van der Waals surface area contributed by atoms with E-state index in [2.05, 4.69) is 31.3 Å². The van der Waals surface area contributed by atoms with Crippen LogP contribution in [-0.2, 0) is 14.3 Å². The Labute approximate surface area is 286 Å². The fourth-order valence-electron chi connectivity index (χ4n) is 5.88. The zero-order chi connectivity index (χ0) is 34.5. The van der Waals surface area contributed by atoms with Crippen molar-refractivity contribution in [2.45, 2.75) is 198 Å². The summed E-state index contributed by atoms with van der Waals surface area (Å²) in [6.07, 6.45) is 25.1. The number of aliphatic hydroxyl groups excluding tert-OH is 5. The zero-order valence-corrected chi connectivity index (χ0v) is 29.8. The van der Waals surface area contributed by atoms with Gasteiger partial charge in [-0.3, -0.25) is 4.79 Å². The van der Waals surface area contributed by atoms with E-state index in [1.165, 1.54) is 96.3 Å². The summed E-state index contributed by atoms with van der Waals surface area (Å²) in [5, 5.41) is 53.8. The third-order valence-electron chi connectivity index (χ3n) is 9.03. The summed E-state index contributed by atoms with van der Waals surface area (Å²) in [4.78, 5) is 12.8. The highest BCUT2D eigenvalue weighted by Crippen LogP contribution is 2.22. The number of carbonyl (C=O) groups excluding carboxylic acids is 1. The SMILES string of the molecule is CCCCCCCCC/C=C/CC/C=C/C(O)C(COC1OC(CO)C(O)C(O)C1O)NC(=O)CCCCCCCCCCCCC. The molecule has 9 heteroatoms. The molecule has 9 nitrogen and oxygen atoms in total. The van der Waals surface area contributed by atoms with Crippen LogP contribution in [0.2, 0.25) is 0 Å². The first-order chi connectivity index (χ1) is 22.8. The van der Waals surface area contributed by atoms with Gasteiger partial charge in [0.2, 0.25) is 5.91 Å². The molecule has 1 heterocycles. The van der Waals surface area contributed by atoms with Crippen LogP contribution in [0, 0.1) is 0 Å². The van der Waals surface area contributed by atoms with E-state index in [0.717, 1.165) is 38.5 Å². The largest absolute Gasteiger partial charge is 0.394 e. The number of unbranched alkanes of at least 4 members (excludes halogenated alkanes) is 18. The van der Waals surface area contributed by atoms with E-state index in [9.17, 15) is 30.3 Å². The van der Waals surface area contributed by atoms with Crippen molar-refractivity contribution in [3.8, 4) is 0 Å². The minimum Gasteiger partial charge on any atom is -0.394 e. The van der Waals surface area contributed by atoms with Gasteiger partial charge in [0.15, 0.2) is 6.29 Å². The smallest absolute Gasteiger partial charge is 0.220 e. The fraction of sp³-hybridized carbons (Fsp3) is 0.868. The Hall–Kier alpha value is -1.33. The number of hydrogen-bond acceptors (Lipinski definition) is 8. The molecular formula is C38H71NO8. The van der Waals surface area contributed by atoms with Crippen LogP contribution < -0.4 is 5.32 Å². The maximum Gasteiger partial charge on any atom is 0.220 e. The predicted molar refractivity (Wildman–Crippen MR) is 189 cm³/mol. The second kappa shape index (κ2) is 29.6. The molecule has 6 N–H and O–H groups in total. The molecule has 7 atom stereocenters. The molecule has 1 rings (SSSR count). The normalized spacial score (nSPS) is 23.1. The van der Waals surface area contributed by atoms with E-state index in [0.29, 0.717) is 6.42 Å². The summed E-state index contributed by atoms with van der Waals surface area (Å²) < 4.78 is 11.1. The summed E-state index contributed by atoms with van der Waals surface area (Å²) in [6, 6.07) is -0.813. The van der Waals surface area contributed by atoms with E-state index in [1.54, 1.807) is 6.08 Å². The summed E-state index contributed by atoms with van der Waals surface area (Å²) in [5.74, 6) is -0.191. The lowest BCUT2D eigenvalue weighted by Crippen LogP contribution is -2.60. The van der Waals surface area contributed by atoms with Crippen LogP contribution in [0.25, 0.3) is 0 Å². The maximum absolute atomic E-state index is 12.8. The van der Waals surface area contributed by atoms with Gasteiger partial charge >= 0.3 is 0 Å². The van der Waals surface area contributed by atoms with Crippen molar-refractivity contribution >= 4 is 5.91 Å². The Bertz CT molecular complexity index is 792. The van der Waals surface area contributed by atoms with Crippen molar-refractivity contribution in [1.29, 1.82) is 0 Å². The number of hydrogen-bond donors (Lipinski definition) is 6. The van der Waals surface area contributed by atoms with Gasteiger partial charge in [-0.2, -0.15) is 0 Å². The molecule has 0 aromatic heterocycles. The molecule has 0 radical (unpaired) electrons. The molecule has 0 aromatic rings. The standard InChI is InChI=1S/C38H71NO8/c1-3-5-7-9-11-13-15-16-18-19-21-23-25-27-32(41)31(30-46-38-37(45)36(44)35(43)33(29-40)47-38)39-34(42)28-26-24-22-20-17-14-12-10-8-6-4-2/h18-19,25,27,31-33,35-38,40-41,43-45H,3-17,20-24,26,28-30H2,1-2H3,(H,39,42)/b19-18+,27-25+. The van der Waals surface area contributed by atoms with E-state index in [4.69, 9.17) is 9.47 Å². The van der Waals surface area contributed by atoms with Crippen LogP contribution in [0.4, 0.5) is 0 Å². The van der Waals surface area contributed by atoms with Gasteiger partial charge in [0.25, 0.3) is 0 Å². The van der Waals surface area contributed by atoms with Gasteiger partial charge < -0.3 is 40.3 Å². The summed E-state index contributed by atoms with van der Waals surface area (Å²) >= 11 is 0. The van der Waals surface area contributed by atoms with Crippen LogP contribution in [0.1, 0.15) is 155 Å². The number of aliphatic hydroxyl groups is 5. The Balaban J connectivity index is 2.50. The van der Waals surface area contributed by atoms with Crippen LogP contribution in [0.3, 0.4) is 0 Å². The Morgan fingerprint density at radius 3 is 1.79 bits per heavy atom. The van der Waals surface area contributed by atoms with Crippen LogP contribution in [0.5, 0.6) is 0 Å². The lowest BCUT2D eigenvalue weighted by molar-refractivity contribution is -0.302. The van der Waals surface area contributed by atoms with Gasteiger partial charge in [0, 0.05) is 6.42 Å². The lowest BCUT2D eigenvalue weighted by atomic mass is 9.99. The molecule has 276 valence electrons. The summed E-state index contributed by atoms with van der Waals surface area (Å²) in [6.45, 7) is 3.70. The molecule has 1 aliphatic rings. The highest BCUT2D eigenvalue weighted by atomic mass is 16.7. The Kier molecular flexibility index (Phi) is 27.5. The highest BCUT2D eigenvalue weighted by molar-refractivity contribution is 5.76. The number of carbonyl (C=O) groups is 1. The second-order valence-corrected chi connectivity index (χ2v) is 13.4. The van der Waals surface area contributed by atoms with Crippen molar-refractivity contribution in [1.82, 2.24) is 5.32 Å². The van der Waals surface area contributed by atoms with Gasteiger partial charge in [-0.1, -0.05) is 141 Å². The molecule has 0 saturated carbocycles. The van der Waals surface area contributed by atoms with E-state index in [1.807, 2.05) is 6.08 Å². The van der Waals surface area contributed by atoms with Crippen molar-refractivity contribution in [3.63, 3.8) is 0 Å². The topological polar surface area (TPSA) is 149 Å². The van der Waals surface area contributed by atoms with Gasteiger partial charge in [-0.25, -0.2) is 0 Å². The molecule has 0 aliphatic carbocycles. The van der Waals surface area contributed by atoms with Gasteiger partial charge in [0.1, 0.15) is 24.4 Å². The first kappa shape index (κ1) is 43.7. The fourth-order valence-corrected chi connectivity index (χ4v) is 5.88. The van der Waals surface area contributed by atoms with E-state index < -0.39 is 49.5 Å². The Morgan fingerprint density at radius 2 is 1.21 bits per heavy atom. The van der Waals surface area contributed by atoms with Crippen molar-refractivity contribution in [3.05, 3.63) is 24.3 Å². The molecule has 1 fully saturated rings. The average Bonchev–Trinajstić information content (AvgIpc) is 3.07. The zero-order valence-electron chi connectivity index (χ0n) is 29.8. The molecule has 0 bridgehead atoms. The summed E-state index contributed by atoms with van der Waals surface area (Å²) in [5.41, 5.74) is 0. The quantitative estimate of drug-likeness (QED) is 0.0381. The first-order valence-corrected chi connectivity index (χ1v) is 19.1. The van der Waals surface area contributed by atoms with Crippen molar-refractivity contribution < 1.29 is 39.8 Å². The molecule has 1 amide bonds. The third kappa shape index (κ3) is 21.4. The second-order valence-electron chi connectivity index (χ2n) is 13.4. The molecule has 1 aliphatic heterocycles. The van der Waals surface area contributed by atoms with Gasteiger partial charge in [-0.15, -0.1) is 0 Å². The maximum atomic E-state index is 12.8. The summed E-state index contributed by atoms with van der Waals surface area (Å²) in [7, 11) is 0. The van der Waals surface area contributed by atoms with Crippen LogP contribution in [0.15, 0.2) is 24.3 Å². The van der Waals surface area contributed by atoms with E-state index >= 15 is 0 Å². The number of nitrogens with one attached hydrogen (secondary N) is 1. The number of amides is 1. The molecular weight excluding hydrogens is 598 g/mol. The van der Waals surface area contributed by atoms with Crippen LogP contribution in [-0.4, -0.2) is 87.5 Å². The van der Waals surface area contributed by atoms with E-state index in [-0.39, 0.29) is 12.5 Å². The molecule has 7 unspecified atom stereocenters.